The number of para-hydroxylation sites is 1. The molecule has 2 heterocycles. The van der Waals surface area contributed by atoms with Gasteiger partial charge in [0.2, 0.25) is 5.91 Å². The fourth-order valence-corrected chi connectivity index (χ4v) is 4.35. The Balaban J connectivity index is 1.27. The van der Waals surface area contributed by atoms with Crippen molar-refractivity contribution < 1.29 is 14.3 Å². The van der Waals surface area contributed by atoms with Crippen LogP contribution < -0.4 is 14.8 Å². The van der Waals surface area contributed by atoms with Gasteiger partial charge in [-0.05, 0) is 48.4 Å². The first-order valence-corrected chi connectivity index (χ1v) is 12.2. The maximum absolute atomic E-state index is 13.2. The number of hydrogen-bond acceptors (Lipinski definition) is 5. The highest BCUT2D eigenvalue weighted by Gasteiger charge is 2.26. The number of nitrogens with one attached hydrogen (secondary N) is 2. The van der Waals surface area contributed by atoms with E-state index in [9.17, 15) is 4.79 Å². The third-order valence-corrected chi connectivity index (χ3v) is 6.35. The first-order chi connectivity index (χ1) is 17.7. The Labute approximate surface area is 211 Å². The number of hydrogen-bond donors (Lipinski definition) is 2. The first kappa shape index (κ1) is 23.6. The maximum Gasteiger partial charge on any atom is 0.231 e. The molecule has 0 bridgehead atoms. The molecule has 0 saturated heterocycles. The zero-order chi connectivity index (χ0) is 24.7. The summed E-state index contributed by atoms with van der Waals surface area (Å²) >= 11 is 0. The lowest BCUT2D eigenvalue weighted by molar-refractivity contribution is -0.121. The zero-order valence-corrected chi connectivity index (χ0v) is 20.3. The maximum atomic E-state index is 13.2. The van der Waals surface area contributed by atoms with E-state index < -0.39 is 0 Å². The molecule has 0 aliphatic carbocycles. The quantitative estimate of drug-likeness (QED) is 0.359. The number of anilines is 1. The summed E-state index contributed by atoms with van der Waals surface area (Å²) in [7, 11) is 2.07. The van der Waals surface area contributed by atoms with Crippen LogP contribution in [-0.4, -0.2) is 47.8 Å². The molecule has 0 saturated carbocycles. The number of carbonyl (C=O) groups excluding carboxylic acids is 1. The molecule has 3 aromatic carbocycles. The number of rotatable bonds is 9. The fraction of sp³-hybridized carbons (Fsp3) is 0.241. The van der Waals surface area contributed by atoms with Crippen LogP contribution in [0.4, 0.5) is 5.69 Å². The van der Waals surface area contributed by atoms with Crippen LogP contribution >= 0.6 is 0 Å². The lowest BCUT2D eigenvalue weighted by Crippen LogP contribution is -2.32. The second-order valence-electron chi connectivity index (χ2n) is 9.08. The number of aromatic nitrogens is 2. The lowest BCUT2D eigenvalue weighted by Gasteiger charge is -2.25. The average Bonchev–Trinajstić information content (AvgIpc) is 3.45. The number of ether oxygens (including phenoxy) is 2. The van der Waals surface area contributed by atoms with Crippen LogP contribution in [0.5, 0.6) is 11.5 Å². The number of aromatic amines is 1. The van der Waals surface area contributed by atoms with Crippen LogP contribution in [0.2, 0.25) is 0 Å². The second-order valence-corrected chi connectivity index (χ2v) is 9.08. The fourth-order valence-electron chi connectivity index (χ4n) is 4.35. The second kappa shape index (κ2) is 11.1. The molecule has 5 rings (SSSR count). The molecule has 7 heteroatoms. The average molecular weight is 483 g/mol. The summed E-state index contributed by atoms with van der Waals surface area (Å²) in [5, 5.41) is 9.97. The summed E-state index contributed by atoms with van der Waals surface area (Å²) in [6.07, 6.45) is 4.25. The van der Waals surface area contributed by atoms with Crippen LogP contribution in [0.3, 0.4) is 0 Å². The molecule has 1 aromatic heterocycles. The summed E-state index contributed by atoms with van der Waals surface area (Å²) in [5.74, 6) is 1.15. The number of nitrogens with zero attached hydrogens (tertiary/aromatic N) is 2. The van der Waals surface area contributed by atoms with Crippen LogP contribution in [0.1, 0.15) is 11.1 Å². The molecule has 7 nitrogen and oxygen atoms in total. The van der Waals surface area contributed by atoms with E-state index in [0.717, 1.165) is 35.5 Å². The molecule has 1 atom stereocenters. The number of benzene rings is 3. The van der Waals surface area contributed by atoms with Gasteiger partial charge in [-0.2, -0.15) is 5.10 Å². The molecule has 1 unspecified atom stereocenters. The summed E-state index contributed by atoms with van der Waals surface area (Å²) in [6.45, 7) is 2.43. The van der Waals surface area contributed by atoms with Crippen molar-refractivity contribution >= 4 is 11.6 Å². The minimum Gasteiger partial charge on any atom is -0.492 e. The van der Waals surface area contributed by atoms with Crippen molar-refractivity contribution in [2.45, 2.75) is 13.0 Å². The number of fused-ring (bicyclic) bond motifs is 1. The van der Waals surface area contributed by atoms with E-state index in [1.165, 1.54) is 5.56 Å². The van der Waals surface area contributed by atoms with Crippen molar-refractivity contribution in [2.75, 3.05) is 32.1 Å². The van der Waals surface area contributed by atoms with Gasteiger partial charge in [0.25, 0.3) is 0 Å². The monoisotopic (exact) mass is 482 g/mol. The van der Waals surface area contributed by atoms with Crippen molar-refractivity contribution in [1.82, 2.24) is 15.1 Å². The Morgan fingerprint density at radius 2 is 1.94 bits per heavy atom. The van der Waals surface area contributed by atoms with Crippen LogP contribution in [0.25, 0.3) is 11.1 Å². The van der Waals surface area contributed by atoms with Gasteiger partial charge in [0.05, 0.1) is 17.8 Å². The van der Waals surface area contributed by atoms with Crippen molar-refractivity contribution in [2.24, 2.45) is 5.92 Å². The summed E-state index contributed by atoms with van der Waals surface area (Å²) in [4.78, 5) is 15.4. The highest BCUT2D eigenvalue weighted by Crippen LogP contribution is 2.32. The smallest absolute Gasteiger partial charge is 0.231 e. The molecule has 1 aliphatic rings. The van der Waals surface area contributed by atoms with Gasteiger partial charge in [0.15, 0.2) is 0 Å². The van der Waals surface area contributed by atoms with E-state index in [-0.39, 0.29) is 11.8 Å². The predicted molar refractivity (Wildman–Crippen MR) is 140 cm³/mol. The lowest BCUT2D eigenvalue weighted by atomic mass is 9.96. The van der Waals surface area contributed by atoms with Gasteiger partial charge < -0.3 is 14.8 Å². The van der Waals surface area contributed by atoms with E-state index in [1.807, 2.05) is 66.9 Å². The third-order valence-electron chi connectivity index (χ3n) is 6.35. The zero-order valence-electron chi connectivity index (χ0n) is 20.3. The van der Waals surface area contributed by atoms with Gasteiger partial charge in [-0.3, -0.25) is 14.8 Å². The van der Waals surface area contributed by atoms with Gasteiger partial charge >= 0.3 is 0 Å². The van der Waals surface area contributed by atoms with E-state index >= 15 is 0 Å². The third kappa shape index (κ3) is 5.75. The van der Waals surface area contributed by atoms with Crippen molar-refractivity contribution in [1.29, 1.82) is 0 Å². The van der Waals surface area contributed by atoms with Crippen molar-refractivity contribution in [3.05, 3.63) is 96.3 Å². The number of H-pyrrole nitrogens is 1. The molecule has 36 heavy (non-hydrogen) atoms. The van der Waals surface area contributed by atoms with Gasteiger partial charge in [0.1, 0.15) is 24.7 Å². The Morgan fingerprint density at radius 3 is 2.78 bits per heavy atom. The summed E-state index contributed by atoms with van der Waals surface area (Å²) in [6, 6.07) is 24.0. The Hall–Kier alpha value is -4.10. The largest absolute Gasteiger partial charge is 0.492 e. The topological polar surface area (TPSA) is 79.5 Å². The Bertz CT molecular complexity index is 1290. The molecular formula is C29H30N4O3. The van der Waals surface area contributed by atoms with E-state index in [0.29, 0.717) is 31.1 Å². The number of likely N-dealkylation sites (N-methyl/N-ethyl adjacent to an activating group) is 1. The normalized spacial score (nSPS) is 14.7. The number of carbonyl (C=O) groups is 1. The Morgan fingerprint density at radius 1 is 1.11 bits per heavy atom. The molecule has 0 fully saturated rings. The first-order valence-electron chi connectivity index (χ1n) is 12.2. The SMILES string of the molecule is CN(CCOc1cc(-c2cn[nH]c2)ccc1NC(=O)C1COc2ccccc2C1)Cc1ccccc1. The standard InChI is InChI=1S/C29H30N4O3/c1-33(19-21-7-3-2-4-8-21)13-14-35-28-16-22(25-17-30-31-18-25)11-12-26(28)32-29(34)24-15-23-9-5-6-10-27(23)36-20-24/h2-12,16-18,24H,13-15,19-20H2,1H3,(H,30,31)(H,32,34). The van der Waals surface area contributed by atoms with Gasteiger partial charge in [-0.25, -0.2) is 0 Å². The van der Waals surface area contributed by atoms with E-state index in [2.05, 4.69) is 39.6 Å². The Kier molecular flexibility index (Phi) is 7.28. The molecule has 4 aromatic rings. The molecular weight excluding hydrogens is 452 g/mol. The minimum absolute atomic E-state index is 0.0772. The van der Waals surface area contributed by atoms with Crippen LogP contribution in [-0.2, 0) is 17.8 Å². The minimum atomic E-state index is -0.265. The highest BCUT2D eigenvalue weighted by molar-refractivity contribution is 5.95. The summed E-state index contributed by atoms with van der Waals surface area (Å²) in [5.41, 5.74) is 4.88. The van der Waals surface area contributed by atoms with Crippen LogP contribution in [0, 0.1) is 5.92 Å². The van der Waals surface area contributed by atoms with Gasteiger partial charge in [0, 0.05) is 24.8 Å². The van der Waals surface area contributed by atoms with Crippen LogP contribution in [0.15, 0.2) is 85.2 Å². The molecule has 1 amide bonds. The molecule has 184 valence electrons. The summed E-state index contributed by atoms with van der Waals surface area (Å²) < 4.78 is 12.0. The van der Waals surface area contributed by atoms with Gasteiger partial charge in [-0.1, -0.05) is 54.6 Å². The molecule has 2 N–H and O–H groups in total. The molecule has 1 aliphatic heterocycles. The number of amides is 1. The van der Waals surface area contributed by atoms with Gasteiger partial charge in [-0.15, -0.1) is 0 Å². The molecule has 0 spiro atoms. The predicted octanol–water partition coefficient (Wildman–Crippen LogP) is 4.78. The highest BCUT2D eigenvalue weighted by atomic mass is 16.5. The van der Waals surface area contributed by atoms with E-state index in [1.54, 1.807) is 6.20 Å². The molecule has 0 radical (unpaired) electrons. The van der Waals surface area contributed by atoms with E-state index in [4.69, 9.17) is 9.47 Å². The van der Waals surface area contributed by atoms with Crippen molar-refractivity contribution in [3.63, 3.8) is 0 Å². The van der Waals surface area contributed by atoms with Crippen molar-refractivity contribution in [3.8, 4) is 22.6 Å².